The van der Waals surface area contributed by atoms with E-state index in [0.717, 1.165) is 25.8 Å². The van der Waals surface area contributed by atoms with Gasteiger partial charge in [0, 0.05) is 31.1 Å². The molecule has 3 unspecified atom stereocenters. The topological polar surface area (TPSA) is 115 Å². The van der Waals surface area contributed by atoms with Gasteiger partial charge in [-0.05, 0) is 32.6 Å². The van der Waals surface area contributed by atoms with Crippen LogP contribution in [0.15, 0.2) is 12.2 Å². The molecule has 0 saturated carbocycles. The van der Waals surface area contributed by atoms with Crippen LogP contribution in [0.4, 0.5) is 0 Å². The Balaban J connectivity index is 4.68. The second kappa shape index (κ2) is 22.9. The molecule has 7 heteroatoms. The van der Waals surface area contributed by atoms with Crippen LogP contribution < -0.4 is 5.11 Å². The first-order valence-electron chi connectivity index (χ1n) is 15.7. The zero-order chi connectivity index (χ0) is 29.5. The molecule has 39 heavy (non-hydrogen) atoms. The van der Waals surface area contributed by atoms with Crippen LogP contribution in [0, 0.1) is 17.8 Å². The molecule has 0 aromatic heterocycles. The van der Waals surface area contributed by atoms with Crippen LogP contribution in [-0.2, 0) is 14.4 Å². The summed E-state index contributed by atoms with van der Waals surface area (Å²) in [5.41, 5.74) is 0. The molecule has 0 saturated heterocycles. The van der Waals surface area contributed by atoms with Crippen molar-refractivity contribution in [3.8, 4) is 0 Å². The molecule has 0 rings (SSSR count). The smallest absolute Gasteiger partial charge is 0.306 e. The summed E-state index contributed by atoms with van der Waals surface area (Å²) >= 11 is 0. The Labute approximate surface area is 238 Å². The van der Waals surface area contributed by atoms with Crippen molar-refractivity contribution in [2.45, 2.75) is 130 Å². The number of aliphatic carboxylic acids is 3. The number of rotatable bonds is 27. The molecule has 0 aromatic carbocycles. The highest BCUT2D eigenvalue weighted by Gasteiger charge is 2.30. The largest absolute Gasteiger partial charge is 0.550 e. The summed E-state index contributed by atoms with van der Waals surface area (Å²) in [7, 11) is 0. The van der Waals surface area contributed by atoms with Gasteiger partial charge in [0.1, 0.15) is 0 Å². The first-order valence-corrected chi connectivity index (χ1v) is 15.7. The van der Waals surface area contributed by atoms with Gasteiger partial charge in [-0.2, -0.15) is 0 Å². The van der Waals surface area contributed by atoms with E-state index in [4.69, 9.17) is 0 Å². The molecular weight excluding hydrogens is 494 g/mol. The standard InChI is InChI=1S/C32H59NO6/c1-5-6-7-8-9-10-11-12-13-14-15-16-17-18-19-23-33(24-20-27(2)30(34)35,25-21-28(3)31(36)37)26-22-29(4)32(38)39/h5-6,27-29H,7-26H2,1-4H3,(H2-,34,35,36,37,38,39)/b6-5+. The number of quaternary nitrogens is 1. The van der Waals surface area contributed by atoms with Gasteiger partial charge in [0.25, 0.3) is 0 Å². The van der Waals surface area contributed by atoms with Crippen LogP contribution in [0.1, 0.15) is 130 Å². The minimum atomic E-state index is -1.07. The number of carboxylic acids is 3. The lowest BCUT2D eigenvalue weighted by Gasteiger charge is -2.41. The van der Waals surface area contributed by atoms with Crippen LogP contribution in [0.3, 0.4) is 0 Å². The number of allylic oxidation sites excluding steroid dienone is 2. The van der Waals surface area contributed by atoms with Gasteiger partial charge in [0.2, 0.25) is 0 Å². The van der Waals surface area contributed by atoms with Crippen LogP contribution >= 0.6 is 0 Å². The molecule has 0 aromatic rings. The van der Waals surface area contributed by atoms with E-state index < -0.39 is 35.7 Å². The quantitative estimate of drug-likeness (QED) is 0.0686. The van der Waals surface area contributed by atoms with E-state index in [0.29, 0.717) is 43.4 Å². The molecule has 0 bridgehead atoms. The van der Waals surface area contributed by atoms with Gasteiger partial charge < -0.3 is 24.6 Å². The zero-order valence-electron chi connectivity index (χ0n) is 25.5. The fourth-order valence-corrected chi connectivity index (χ4v) is 5.08. The van der Waals surface area contributed by atoms with Crippen LogP contribution in [0.5, 0.6) is 0 Å². The number of carboxylic acid groups (broad SMARTS) is 3. The maximum atomic E-state index is 11.5. The van der Waals surface area contributed by atoms with Crippen LogP contribution in [0.25, 0.3) is 0 Å². The third-order valence-electron chi connectivity index (χ3n) is 8.34. The molecular formula is C32H59NO6. The molecule has 0 amide bonds. The molecule has 228 valence electrons. The average Bonchev–Trinajstić information content (AvgIpc) is 2.90. The molecule has 0 radical (unpaired) electrons. The number of carbonyl (C=O) groups is 3. The molecule has 3 atom stereocenters. The van der Waals surface area contributed by atoms with E-state index in [2.05, 4.69) is 19.1 Å². The Morgan fingerprint density at radius 3 is 1.33 bits per heavy atom. The normalized spacial score (nSPS) is 15.6. The summed E-state index contributed by atoms with van der Waals surface area (Å²) in [6.45, 7) is 9.79. The number of hydrogen-bond donors (Lipinski definition) is 2. The highest BCUT2D eigenvalue weighted by Crippen LogP contribution is 2.22. The third kappa shape index (κ3) is 19.8. The first-order chi connectivity index (χ1) is 18.5. The number of hydrogen-bond acceptors (Lipinski definition) is 4. The van der Waals surface area contributed by atoms with Crippen molar-refractivity contribution in [1.82, 2.24) is 0 Å². The maximum absolute atomic E-state index is 11.5. The van der Waals surface area contributed by atoms with Gasteiger partial charge in [-0.1, -0.05) is 90.7 Å². The summed E-state index contributed by atoms with van der Waals surface area (Å²) < 4.78 is 0.585. The van der Waals surface area contributed by atoms with E-state index >= 15 is 0 Å². The lowest BCUT2D eigenvalue weighted by Crippen LogP contribution is -2.52. The summed E-state index contributed by atoms with van der Waals surface area (Å²) in [5.74, 6) is -4.31. The van der Waals surface area contributed by atoms with E-state index in [1.165, 1.54) is 64.2 Å². The van der Waals surface area contributed by atoms with Crippen LogP contribution in [0.2, 0.25) is 0 Å². The van der Waals surface area contributed by atoms with Crippen molar-refractivity contribution >= 4 is 17.9 Å². The highest BCUT2D eigenvalue weighted by molar-refractivity contribution is 5.69. The third-order valence-corrected chi connectivity index (χ3v) is 8.34. The molecule has 0 aliphatic heterocycles. The summed E-state index contributed by atoms with van der Waals surface area (Å²) in [6, 6.07) is 0. The maximum Gasteiger partial charge on any atom is 0.306 e. The molecule has 0 aliphatic rings. The van der Waals surface area contributed by atoms with E-state index in [1.807, 2.05) is 0 Å². The predicted octanol–water partition coefficient (Wildman–Crippen LogP) is 6.45. The summed E-state index contributed by atoms with van der Waals surface area (Å²) in [5, 5.41) is 30.2. The SMILES string of the molecule is C/C=C/CCCCCCCCCCCCCC[N+](CCC(C)C(=O)[O-])(CCC(C)C(=O)O)CCC(C)C(=O)O. The van der Waals surface area contributed by atoms with E-state index in [1.54, 1.807) is 20.8 Å². The van der Waals surface area contributed by atoms with E-state index in [-0.39, 0.29) is 0 Å². The van der Waals surface area contributed by atoms with E-state index in [9.17, 15) is 29.7 Å². The Morgan fingerprint density at radius 1 is 0.615 bits per heavy atom. The average molecular weight is 554 g/mol. The second-order valence-electron chi connectivity index (χ2n) is 11.9. The molecule has 0 spiro atoms. The Hall–Kier alpha value is -1.89. The van der Waals surface area contributed by atoms with Crippen molar-refractivity contribution in [2.24, 2.45) is 17.8 Å². The van der Waals surface area contributed by atoms with Gasteiger partial charge in [-0.15, -0.1) is 0 Å². The van der Waals surface area contributed by atoms with Gasteiger partial charge in [-0.25, -0.2) is 0 Å². The van der Waals surface area contributed by atoms with Crippen molar-refractivity contribution < 1.29 is 34.2 Å². The van der Waals surface area contributed by atoms with Gasteiger partial charge >= 0.3 is 11.9 Å². The van der Waals surface area contributed by atoms with Crippen LogP contribution in [-0.4, -0.2) is 58.8 Å². The first kappa shape index (κ1) is 37.1. The number of carbonyl (C=O) groups excluding carboxylic acids is 1. The fourth-order valence-electron chi connectivity index (χ4n) is 5.08. The fraction of sp³-hybridized carbons (Fsp3) is 0.844. The van der Waals surface area contributed by atoms with Crippen molar-refractivity contribution in [2.75, 3.05) is 26.2 Å². The number of unbranched alkanes of at least 4 members (excludes halogenated alkanes) is 12. The minimum Gasteiger partial charge on any atom is -0.550 e. The Bertz CT molecular complexity index is 632. The Kier molecular flexibility index (Phi) is 21.8. The van der Waals surface area contributed by atoms with Crippen molar-refractivity contribution in [3.05, 3.63) is 12.2 Å². The van der Waals surface area contributed by atoms with Crippen molar-refractivity contribution in [1.29, 1.82) is 0 Å². The monoisotopic (exact) mass is 553 g/mol. The van der Waals surface area contributed by atoms with Crippen molar-refractivity contribution in [3.63, 3.8) is 0 Å². The summed E-state index contributed by atoms with van der Waals surface area (Å²) in [6.07, 6.45) is 22.0. The van der Waals surface area contributed by atoms with Gasteiger partial charge in [0.05, 0.1) is 38.0 Å². The lowest BCUT2D eigenvalue weighted by molar-refractivity contribution is -0.929. The second-order valence-corrected chi connectivity index (χ2v) is 11.9. The van der Waals surface area contributed by atoms with Gasteiger partial charge in [0.15, 0.2) is 0 Å². The molecule has 0 fully saturated rings. The molecule has 2 N–H and O–H groups in total. The molecule has 7 nitrogen and oxygen atoms in total. The minimum absolute atomic E-state index is 0.445. The van der Waals surface area contributed by atoms with Gasteiger partial charge in [-0.3, -0.25) is 9.59 Å². The summed E-state index contributed by atoms with van der Waals surface area (Å²) in [4.78, 5) is 34.3. The highest BCUT2D eigenvalue weighted by atomic mass is 16.4. The Morgan fingerprint density at radius 2 is 0.974 bits per heavy atom. The number of nitrogens with zero attached hydrogens (tertiary/aromatic N) is 1. The zero-order valence-corrected chi connectivity index (χ0v) is 25.5. The molecule has 0 aliphatic carbocycles. The lowest BCUT2D eigenvalue weighted by atomic mass is 10.0. The molecule has 0 heterocycles. The predicted molar refractivity (Wildman–Crippen MR) is 156 cm³/mol.